The summed E-state index contributed by atoms with van der Waals surface area (Å²) in [6, 6.07) is 14.3. The number of aromatic nitrogens is 5. The Hall–Kier alpha value is -3.78. The molecule has 1 saturated heterocycles. The van der Waals surface area contributed by atoms with Gasteiger partial charge in [0.25, 0.3) is 0 Å². The number of ether oxygens (including phenoxy) is 1. The highest BCUT2D eigenvalue weighted by Gasteiger charge is 2.18. The zero-order valence-electron chi connectivity index (χ0n) is 19.3. The largest absolute Gasteiger partial charge is 0.489 e. The molecule has 0 spiro atoms. The summed E-state index contributed by atoms with van der Waals surface area (Å²) in [4.78, 5) is 16.4. The van der Waals surface area contributed by atoms with Crippen LogP contribution in [0.3, 0.4) is 0 Å². The minimum absolute atomic E-state index is 0.262. The van der Waals surface area contributed by atoms with E-state index in [0.29, 0.717) is 0 Å². The number of pyridine rings is 2. The van der Waals surface area contributed by atoms with Crippen LogP contribution in [0.25, 0.3) is 38.9 Å². The van der Waals surface area contributed by atoms with Gasteiger partial charge in [-0.1, -0.05) is 24.3 Å². The van der Waals surface area contributed by atoms with Crippen molar-refractivity contribution in [3.63, 3.8) is 0 Å². The smallest absolute Gasteiger partial charge is 0.163 e. The van der Waals surface area contributed by atoms with Crippen molar-refractivity contribution in [1.29, 1.82) is 0 Å². The van der Waals surface area contributed by atoms with E-state index in [4.69, 9.17) is 9.72 Å². The van der Waals surface area contributed by atoms with E-state index in [1.54, 1.807) is 6.20 Å². The van der Waals surface area contributed by atoms with E-state index in [-0.39, 0.29) is 6.10 Å². The Kier molecular flexibility index (Phi) is 5.22. The van der Waals surface area contributed by atoms with E-state index in [1.165, 1.54) is 0 Å². The highest BCUT2D eigenvalue weighted by Crippen LogP contribution is 2.30. The van der Waals surface area contributed by atoms with E-state index >= 15 is 0 Å². The Morgan fingerprint density at radius 2 is 1.82 bits per heavy atom. The van der Waals surface area contributed by atoms with E-state index in [9.17, 15) is 0 Å². The number of fused-ring (bicyclic) bond motifs is 2. The molecule has 1 aromatic carbocycles. The maximum Gasteiger partial charge on any atom is 0.163 e. The first-order valence-electron chi connectivity index (χ1n) is 11.7. The van der Waals surface area contributed by atoms with E-state index in [0.717, 1.165) is 76.2 Å². The molecule has 0 amide bonds. The lowest BCUT2D eigenvalue weighted by Crippen LogP contribution is -2.35. The lowest BCUT2D eigenvalue weighted by molar-refractivity contribution is 0.114. The summed E-state index contributed by atoms with van der Waals surface area (Å²) in [6.45, 7) is 2.14. The standard InChI is InChI=1S/C26H25BN6O/c1-32-11-9-18(10-12-32)34-19-5-7-23(28-14-19)17-13-29-26-22(15-30-33(26)16-17)20-3-2-4-24-21(20)6-8-25(27)31-24/h2-8,13-16,18H,9-12,27H2,1H3. The molecule has 4 aromatic heterocycles. The van der Waals surface area contributed by atoms with Gasteiger partial charge in [-0.2, -0.15) is 5.10 Å². The Bertz CT molecular complexity index is 1470. The first-order valence-corrected chi connectivity index (χ1v) is 11.7. The molecule has 0 radical (unpaired) electrons. The summed E-state index contributed by atoms with van der Waals surface area (Å²) < 4.78 is 7.95. The molecule has 1 fully saturated rings. The maximum atomic E-state index is 6.13. The van der Waals surface area contributed by atoms with Crippen LogP contribution >= 0.6 is 0 Å². The van der Waals surface area contributed by atoms with Crippen molar-refractivity contribution in [2.24, 2.45) is 0 Å². The van der Waals surface area contributed by atoms with Gasteiger partial charge in [-0.25, -0.2) is 9.50 Å². The topological polar surface area (TPSA) is 68.4 Å². The average molecular weight is 448 g/mol. The average Bonchev–Trinajstić information content (AvgIpc) is 3.28. The van der Waals surface area contributed by atoms with Gasteiger partial charge in [0, 0.05) is 42.0 Å². The summed E-state index contributed by atoms with van der Waals surface area (Å²) >= 11 is 0. The van der Waals surface area contributed by atoms with Crippen molar-refractivity contribution >= 4 is 30.0 Å². The monoisotopic (exact) mass is 448 g/mol. The van der Waals surface area contributed by atoms with Crippen molar-refractivity contribution in [1.82, 2.24) is 29.5 Å². The van der Waals surface area contributed by atoms with Gasteiger partial charge in [-0.05, 0) is 49.2 Å². The zero-order valence-corrected chi connectivity index (χ0v) is 19.3. The maximum absolute atomic E-state index is 6.13. The number of likely N-dealkylation sites (tertiary alicyclic amines) is 1. The number of piperidine rings is 1. The minimum atomic E-state index is 0.262. The fraction of sp³-hybridized carbons (Fsp3) is 0.231. The van der Waals surface area contributed by atoms with Gasteiger partial charge in [0.2, 0.25) is 0 Å². The van der Waals surface area contributed by atoms with Crippen LogP contribution in [0, 0.1) is 0 Å². The van der Waals surface area contributed by atoms with Gasteiger partial charge in [0.15, 0.2) is 13.5 Å². The van der Waals surface area contributed by atoms with Crippen molar-refractivity contribution in [3.8, 4) is 28.1 Å². The van der Waals surface area contributed by atoms with Gasteiger partial charge in [-0.15, -0.1) is 0 Å². The van der Waals surface area contributed by atoms with Crippen LogP contribution in [-0.4, -0.2) is 63.6 Å². The SMILES string of the molecule is Bc1ccc2c(-c3cnn4cc(-c5ccc(OC6CCN(C)CC6)cn5)cnc34)cccc2n1. The molecule has 1 aliphatic rings. The number of benzene rings is 1. The van der Waals surface area contributed by atoms with Crippen molar-refractivity contribution in [2.45, 2.75) is 18.9 Å². The molecule has 0 aliphatic carbocycles. The molecule has 8 heteroatoms. The molecule has 5 aromatic rings. The van der Waals surface area contributed by atoms with Crippen LogP contribution in [0.5, 0.6) is 5.75 Å². The first-order chi connectivity index (χ1) is 16.6. The Balaban J connectivity index is 1.27. The van der Waals surface area contributed by atoms with Crippen LogP contribution in [0.4, 0.5) is 0 Å². The summed E-state index contributed by atoms with van der Waals surface area (Å²) in [7, 11) is 4.16. The predicted molar refractivity (Wildman–Crippen MR) is 136 cm³/mol. The fourth-order valence-electron chi connectivity index (χ4n) is 4.60. The normalized spacial score (nSPS) is 15.2. The third-order valence-electron chi connectivity index (χ3n) is 6.52. The lowest BCUT2D eigenvalue weighted by atomic mass is 9.99. The molecule has 5 heterocycles. The van der Waals surface area contributed by atoms with E-state index < -0.39 is 0 Å². The minimum Gasteiger partial charge on any atom is -0.489 e. The quantitative estimate of drug-likeness (QED) is 0.394. The number of hydrogen-bond donors (Lipinski definition) is 0. The molecule has 0 unspecified atom stereocenters. The van der Waals surface area contributed by atoms with Gasteiger partial charge in [-0.3, -0.25) is 9.97 Å². The third kappa shape index (κ3) is 3.90. The van der Waals surface area contributed by atoms with Gasteiger partial charge in [0.05, 0.1) is 23.6 Å². The Morgan fingerprint density at radius 1 is 0.941 bits per heavy atom. The zero-order chi connectivity index (χ0) is 23.1. The molecule has 34 heavy (non-hydrogen) atoms. The fourth-order valence-corrected chi connectivity index (χ4v) is 4.60. The Morgan fingerprint density at radius 3 is 2.65 bits per heavy atom. The van der Waals surface area contributed by atoms with Crippen molar-refractivity contribution in [2.75, 3.05) is 20.1 Å². The summed E-state index contributed by atoms with van der Waals surface area (Å²) in [5, 5.41) is 5.68. The van der Waals surface area contributed by atoms with Gasteiger partial charge >= 0.3 is 0 Å². The second-order valence-corrected chi connectivity index (χ2v) is 8.99. The first kappa shape index (κ1) is 20.8. The lowest BCUT2D eigenvalue weighted by Gasteiger charge is -2.29. The molecule has 6 rings (SSSR count). The Labute approximate surface area is 198 Å². The van der Waals surface area contributed by atoms with E-state index in [1.807, 2.05) is 61.3 Å². The van der Waals surface area contributed by atoms with Crippen LogP contribution in [0.2, 0.25) is 0 Å². The second-order valence-electron chi connectivity index (χ2n) is 8.99. The predicted octanol–water partition coefficient (Wildman–Crippen LogP) is 2.74. The van der Waals surface area contributed by atoms with Crippen LogP contribution in [-0.2, 0) is 0 Å². The van der Waals surface area contributed by atoms with Gasteiger partial charge < -0.3 is 9.64 Å². The summed E-state index contributed by atoms with van der Waals surface area (Å²) in [6.07, 6.45) is 9.86. The summed E-state index contributed by atoms with van der Waals surface area (Å²) in [5.74, 6) is 0.813. The van der Waals surface area contributed by atoms with Gasteiger partial charge in [0.1, 0.15) is 11.9 Å². The number of hydrogen-bond acceptors (Lipinski definition) is 6. The van der Waals surface area contributed by atoms with E-state index in [2.05, 4.69) is 39.1 Å². The highest BCUT2D eigenvalue weighted by molar-refractivity contribution is 6.31. The molecule has 0 atom stereocenters. The molecular formula is C26H25BN6O. The van der Waals surface area contributed by atoms with Crippen LogP contribution in [0.1, 0.15) is 12.8 Å². The third-order valence-corrected chi connectivity index (χ3v) is 6.52. The molecular weight excluding hydrogens is 423 g/mol. The van der Waals surface area contributed by atoms with Crippen LogP contribution in [0.15, 0.2) is 67.3 Å². The van der Waals surface area contributed by atoms with Crippen molar-refractivity contribution < 1.29 is 4.74 Å². The highest BCUT2D eigenvalue weighted by atomic mass is 16.5. The number of nitrogens with zero attached hydrogens (tertiary/aromatic N) is 6. The molecule has 0 N–H and O–H groups in total. The molecule has 0 saturated carbocycles. The molecule has 0 bridgehead atoms. The van der Waals surface area contributed by atoms with Crippen molar-refractivity contribution in [3.05, 3.63) is 67.3 Å². The molecule has 168 valence electrons. The second kappa shape index (κ2) is 8.54. The summed E-state index contributed by atoms with van der Waals surface area (Å²) in [5.41, 5.74) is 6.59. The molecule has 7 nitrogen and oxygen atoms in total. The molecule has 1 aliphatic heterocycles. The number of rotatable bonds is 4. The van der Waals surface area contributed by atoms with Crippen LogP contribution < -0.4 is 10.3 Å².